The van der Waals surface area contributed by atoms with Crippen molar-refractivity contribution in [2.45, 2.75) is 51.2 Å². The van der Waals surface area contributed by atoms with Gasteiger partial charge in [-0.3, -0.25) is 0 Å². The van der Waals surface area contributed by atoms with E-state index in [1.807, 2.05) is 19.1 Å². The molecular formula is C21H28N4O2. The van der Waals surface area contributed by atoms with Gasteiger partial charge in [-0.15, -0.1) is 0 Å². The van der Waals surface area contributed by atoms with E-state index in [0.717, 1.165) is 42.5 Å². The smallest absolute Gasteiger partial charge is 0.136 e. The van der Waals surface area contributed by atoms with E-state index in [-0.39, 0.29) is 6.61 Å². The highest BCUT2D eigenvalue weighted by atomic mass is 16.3. The summed E-state index contributed by atoms with van der Waals surface area (Å²) in [4.78, 5) is 11.8. The molecule has 1 aromatic heterocycles. The molecule has 27 heavy (non-hydrogen) atoms. The van der Waals surface area contributed by atoms with Crippen LogP contribution in [0.5, 0.6) is 0 Å². The Balaban J connectivity index is 1.55. The molecule has 1 fully saturated rings. The van der Waals surface area contributed by atoms with E-state index < -0.39 is 6.10 Å². The molecule has 0 amide bonds. The first-order valence-electron chi connectivity index (χ1n) is 9.92. The summed E-state index contributed by atoms with van der Waals surface area (Å²) in [6.07, 6.45) is 3.57. The van der Waals surface area contributed by atoms with E-state index in [0.29, 0.717) is 18.9 Å². The van der Waals surface area contributed by atoms with Crippen molar-refractivity contribution in [1.82, 2.24) is 9.97 Å². The SMILES string of the molecule is C[C@@H](O)c1ccc2c(c1)CCN(c1cc(NCCCO)nc(C3CC3)n1)C2. The van der Waals surface area contributed by atoms with E-state index in [1.54, 1.807) is 0 Å². The molecule has 0 bridgehead atoms. The van der Waals surface area contributed by atoms with E-state index in [1.165, 1.54) is 24.0 Å². The average molecular weight is 368 g/mol. The highest BCUT2D eigenvalue weighted by Gasteiger charge is 2.28. The molecule has 0 unspecified atom stereocenters. The van der Waals surface area contributed by atoms with Crippen LogP contribution >= 0.6 is 0 Å². The number of aromatic nitrogens is 2. The van der Waals surface area contributed by atoms with Crippen molar-refractivity contribution in [3.8, 4) is 0 Å². The minimum atomic E-state index is -0.427. The number of aliphatic hydroxyl groups is 2. The molecule has 2 aromatic rings. The van der Waals surface area contributed by atoms with Crippen LogP contribution in [0, 0.1) is 0 Å². The number of nitrogens with zero attached hydrogens (tertiary/aromatic N) is 3. The van der Waals surface area contributed by atoms with Gasteiger partial charge in [0.25, 0.3) is 0 Å². The van der Waals surface area contributed by atoms with Gasteiger partial charge in [-0.25, -0.2) is 9.97 Å². The second kappa shape index (κ2) is 7.82. The van der Waals surface area contributed by atoms with Crippen LogP contribution in [0.25, 0.3) is 0 Å². The Morgan fingerprint density at radius 3 is 2.81 bits per heavy atom. The quantitative estimate of drug-likeness (QED) is 0.652. The van der Waals surface area contributed by atoms with E-state index in [2.05, 4.69) is 27.3 Å². The molecule has 0 radical (unpaired) electrons. The number of hydrogen-bond donors (Lipinski definition) is 3. The summed E-state index contributed by atoms with van der Waals surface area (Å²) in [5.41, 5.74) is 3.60. The van der Waals surface area contributed by atoms with Crippen molar-refractivity contribution in [3.05, 3.63) is 46.8 Å². The van der Waals surface area contributed by atoms with Gasteiger partial charge in [0.1, 0.15) is 17.5 Å². The lowest BCUT2D eigenvalue weighted by Gasteiger charge is -2.30. The van der Waals surface area contributed by atoms with Gasteiger partial charge in [0.05, 0.1) is 6.10 Å². The number of benzene rings is 1. The molecule has 0 spiro atoms. The van der Waals surface area contributed by atoms with Crippen LogP contribution in [0.2, 0.25) is 0 Å². The molecule has 6 nitrogen and oxygen atoms in total. The predicted octanol–water partition coefficient (Wildman–Crippen LogP) is 2.76. The molecule has 0 saturated heterocycles. The third-order valence-electron chi connectivity index (χ3n) is 5.36. The van der Waals surface area contributed by atoms with E-state index in [4.69, 9.17) is 10.1 Å². The maximum absolute atomic E-state index is 9.81. The molecule has 1 saturated carbocycles. The topological polar surface area (TPSA) is 81.5 Å². The van der Waals surface area contributed by atoms with Gasteiger partial charge in [0.15, 0.2) is 0 Å². The molecule has 2 heterocycles. The summed E-state index contributed by atoms with van der Waals surface area (Å²) in [5, 5.41) is 22.1. The third kappa shape index (κ3) is 4.22. The molecule has 144 valence electrons. The molecule has 2 aliphatic rings. The second-order valence-corrected chi connectivity index (χ2v) is 7.62. The van der Waals surface area contributed by atoms with Crippen molar-refractivity contribution in [2.75, 3.05) is 29.9 Å². The lowest BCUT2D eigenvalue weighted by Crippen LogP contribution is -2.31. The van der Waals surface area contributed by atoms with Crippen molar-refractivity contribution >= 4 is 11.6 Å². The molecule has 4 rings (SSSR count). The normalized spacial score (nSPS) is 17.5. The highest BCUT2D eigenvalue weighted by molar-refractivity contribution is 5.52. The first kappa shape index (κ1) is 18.2. The van der Waals surface area contributed by atoms with Gasteiger partial charge in [-0.1, -0.05) is 18.2 Å². The number of fused-ring (bicyclic) bond motifs is 1. The predicted molar refractivity (Wildman–Crippen MR) is 106 cm³/mol. The van der Waals surface area contributed by atoms with E-state index in [9.17, 15) is 5.11 Å². The van der Waals surface area contributed by atoms with Crippen molar-refractivity contribution in [1.29, 1.82) is 0 Å². The molecule has 1 aliphatic carbocycles. The van der Waals surface area contributed by atoms with Crippen molar-refractivity contribution in [3.63, 3.8) is 0 Å². The van der Waals surface area contributed by atoms with Gasteiger partial charge >= 0.3 is 0 Å². The molecule has 1 aromatic carbocycles. The largest absolute Gasteiger partial charge is 0.396 e. The Hall–Kier alpha value is -2.18. The number of rotatable bonds is 7. The molecule has 6 heteroatoms. The third-order valence-corrected chi connectivity index (χ3v) is 5.36. The summed E-state index contributed by atoms with van der Waals surface area (Å²) < 4.78 is 0. The number of anilines is 2. The standard InChI is InChI=1S/C21H28N4O2/c1-14(27)16-5-6-18-13-25(9-7-17(18)11-16)20-12-19(22-8-2-10-26)23-21(24-20)15-3-4-15/h5-6,11-12,14-15,26-27H,2-4,7-10,13H2,1H3,(H,22,23,24)/t14-/m1/s1. The minimum Gasteiger partial charge on any atom is -0.396 e. The second-order valence-electron chi connectivity index (χ2n) is 7.62. The zero-order valence-electron chi connectivity index (χ0n) is 15.9. The van der Waals surface area contributed by atoms with Crippen LogP contribution in [0.4, 0.5) is 11.6 Å². The lowest BCUT2D eigenvalue weighted by molar-refractivity contribution is 0.199. The summed E-state index contributed by atoms with van der Waals surface area (Å²) in [7, 11) is 0. The van der Waals surface area contributed by atoms with Gasteiger partial charge in [-0.05, 0) is 49.3 Å². The Morgan fingerprint density at radius 1 is 1.22 bits per heavy atom. The van der Waals surface area contributed by atoms with Crippen LogP contribution in [0.1, 0.15) is 60.7 Å². The Labute approximate surface area is 160 Å². The minimum absolute atomic E-state index is 0.178. The summed E-state index contributed by atoms with van der Waals surface area (Å²) in [6, 6.07) is 8.31. The van der Waals surface area contributed by atoms with Gasteiger partial charge in [-0.2, -0.15) is 0 Å². The highest BCUT2D eigenvalue weighted by Crippen LogP contribution is 2.39. The summed E-state index contributed by atoms with van der Waals surface area (Å²) in [5.74, 6) is 3.26. The number of aliphatic hydroxyl groups excluding tert-OH is 2. The monoisotopic (exact) mass is 368 g/mol. The van der Waals surface area contributed by atoms with Crippen molar-refractivity contribution in [2.24, 2.45) is 0 Å². The van der Waals surface area contributed by atoms with E-state index >= 15 is 0 Å². The zero-order valence-corrected chi connectivity index (χ0v) is 15.9. The van der Waals surface area contributed by atoms with Crippen LogP contribution in [0.3, 0.4) is 0 Å². The van der Waals surface area contributed by atoms with Crippen LogP contribution in [0.15, 0.2) is 24.3 Å². The van der Waals surface area contributed by atoms with Gasteiger partial charge in [0, 0.05) is 38.2 Å². The molecule has 1 atom stereocenters. The molecular weight excluding hydrogens is 340 g/mol. The van der Waals surface area contributed by atoms with Gasteiger partial charge in [0.2, 0.25) is 0 Å². The summed E-state index contributed by atoms with van der Waals surface area (Å²) >= 11 is 0. The average Bonchev–Trinajstić information content (AvgIpc) is 3.52. The summed E-state index contributed by atoms with van der Waals surface area (Å²) in [6.45, 7) is 4.43. The fourth-order valence-electron chi connectivity index (χ4n) is 3.55. The van der Waals surface area contributed by atoms with Crippen LogP contribution in [-0.4, -0.2) is 39.9 Å². The number of hydrogen-bond acceptors (Lipinski definition) is 6. The lowest BCUT2D eigenvalue weighted by atomic mass is 9.96. The van der Waals surface area contributed by atoms with Crippen LogP contribution < -0.4 is 10.2 Å². The maximum atomic E-state index is 9.81. The Kier molecular flexibility index (Phi) is 5.27. The fraction of sp³-hybridized carbons (Fsp3) is 0.524. The molecule has 1 aliphatic heterocycles. The first-order valence-corrected chi connectivity index (χ1v) is 9.92. The van der Waals surface area contributed by atoms with Crippen molar-refractivity contribution < 1.29 is 10.2 Å². The van der Waals surface area contributed by atoms with Crippen LogP contribution in [-0.2, 0) is 13.0 Å². The zero-order chi connectivity index (χ0) is 18.8. The number of nitrogens with one attached hydrogen (secondary N) is 1. The maximum Gasteiger partial charge on any atom is 0.136 e. The first-order chi connectivity index (χ1) is 13.1. The van der Waals surface area contributed by atoms with Gasteiger partial charge < -0.3 is 20.4 Å². The molecule has 3 N–H and O–H groups in total. The Morgan fingerprint density at radius 2 is 2.07 bits per heavy atom. The Bertz CT molecular complexity index is 805. The fourth-order valence-corrected chi connectivity index (χ4v) is 3.55.